The van der Waals surface area contributed by atoms with Gasteiger partial charge >= 0.3 is 0 Å². The van der Waals surface area contributed by atoms with Crippen LogP contribution in [0.5, 0.6) is 5.75 Å². The molecule has 0 heterocycles. The summed E-state index contributed by atoms with van der Waals surface area (Å²) in [5.74, 6) is 1.29. The molecule has 1 rings (SSSR count). The second kappa shape index (κ2) is 9.27. The van der Waals surface area contributed by atoms with Crippen LogP contribution in [0.3, 0.4) is 0 Å². The molecule has 0 spiro atoms. The Hall–Kier alpha value is -1.71. The van der Waals surface area contributed by atoms with E-state index in [1.165, 1.54) is 0 Å². The molecule has 0 aliphatic rings. The summed E-state index contributed by atoms with van der Waals surface area (Å²) < 4.78 is 5.64. The number of aryl methyl sites for hydroxylation is 1. The van der Waals surface area contributed by atoms with Gasteiger partial charge in [-0.15, -0.1) is 0 Å². The summed E-state index contributed by atoms with van der Waals surface area (Å²) in [6, 6.07) is 5.77. The molecule has 0 radical (unpaired) electrons. The first-order valence-electron chi connectivity index (χ1n) is 7.80. The van der Waals surface area contributed by atoms with Crippen LogP contribution in [0.2, 0.25) is 0 Å². The molecule has 0 aromatic heterocycles. The van der Waals surface area contributed by atoms with Crippen molar-refractivity contribution >= 4 is 11.6 Å². The maximum atomic E-state index is 11.7. The minimum Gasteiger partial charge on any atom is -0.491 e. The third-order valence-corrected chi connectivity index (χ3v) is 3.14. The Bertz CT molecular complexity index is 444. The molecule has 21 heavy (non-hydrogen) atoms. The number of nitrogens with two attached hydrogens (primary N) is 1. The van der Waals surface area contributed by atoms with Crippen molar-refractivity contribution in [2.75, 3.05) is 18.9 Å². The van der Waals surface area contributed by atoms with Crippen molar-refractivity contribution in [3.8, 4) is 5.75 Å². The van der Waals surface area contributed by atoms with Gasteiger partial charge in [-0.1, -0.05) is 33.3 Å². The van der Waals surface area contributed by atoms with Crippen LogP contribution >= 0.6 is 0 Å². The molecule has 0 bridgehead atoms. The Balaban J connectivity index is 2.42. The van der Waals surface area contributed by atoms with Crippen molar-refractivity contribution in [2.45, 2.75) is 46.5 Å². The van der Waals surface area contributed by atoms with E-state index in [0.717, 1.165) is 30.7 Å². The molecule has 0 aliphatic carbocycles. The first-order valence-corrected chi connectivity index (χ1v) is 7.80. The zero-order chi connectivity index (χ0) is 15.7. The molecule has 1 amide bonds. The van der Waals surface area contributed by atoms with E-state index >= 15 is 0 Å². The van der Waals surface area contributed by atoms with Gasteiger partial charge in [0.25, 0.3) is 0 Å². The standard InChI is InChI=1S/C17H28N2O2/c1-4-5-10-19-17(20)9-7-14-6-8-16(15(18)11-14)21-12-13(2)3/h6,8,11,13H,4-5,7,9-10,12,18H2,1-3H3,(H,19,20). The third-order valence-electron chi connectivity index (χ3n) is 3.14. The van der Waals surface area contributed by atoms with Crippen molar-refractivity contribution in [3.63, 3.8) is 0 Å². The highest BCUT2D eigenvalue weighted by molar-refractivity contribution is 5.76. The zero-order valence-electron chi connectivity index (χ0n) is 13.4. The predicted octanol–water partition coefficient (Wildman–Crippen LogP) is 3.15. The first kappa shape index (κ1) is 17.3. The van der Waals surface area contributed by atoms with Gasteiger partial charge in [0.1, 0.15) is 5.75 Å². The summed E-state index contributed by atoms with van der Waals surface area (Å²) in [4.78, 5) is 11.7. The SMILES string of the molecule is CCCCNC(=O)CCc1ccc(OCC(C)C)c(N)c1. The Kier molecular flexibility index (Phi) is 7.65. The van der Waals surface area contributed by atoms with E-state index < -0.39 is 0 Å². The third kappa shape index (κ3) is 7.02. The molecule has 0 saturated heterocycles. The number of carbonyl (C=O) groups excluding carboxylic acids is 1. The predicted molar refractivity (Wildman–Crippen MR) is 87.4 cm³/mol. The molecule has 118 valence electrons. The monoisotopic (exact) mass is 292 g/mol. The van der Waals surface area contributed by atoms with E-state index in [0.29, 0.717) is 31.1 Å². The maximum absolute atomic E-state index is 11.7. The van der Waals surface area contributed by atoms with E-state index in [1.807, 2.05) is 18.2 Å². The lowest BCUT2D eigenvalue weighted by Crippen LogP contribution is -2.24. The van der Waals surface area contributed by atoms with Gasteiger partial charge in [0.2, 0.25) is 5.91 Å². The molecular weight excluding hydrogens is 264 g/mol. The van der Waals surface area contributed by atoms with Gasteiger partial charge in [0.05, 0.1) is 12.3 Å². The first-order chi connectivity index (χ1) is 10.0. The number of anilines is 1. The molecule has 0 saturated carbocycles. The number of nitrogens with one attached hydrogen (secondary N) is 1. The number of unbranched alkanes of at least 4 members (excludes halogenated alkanes) is 1. The number of benzene rings is 1. The fraction of sp³-hybridized carbons (Fsp3) is 0.588. The summed E-state index contributed by atoms with van der Waals surface area (Å²) in [6.45, 7) is 7.73. The average molecular weight is 292 g/mol. The highest BCUT2D eigenvalue weighted by Crippen LogP contribution is 2.23. The molecule has 4 nitrogen and oxygen atoms in total. The topological polar surface area (TPSA) is 64.3 Å². The minimum atomic E-state index is 0.0992. The molecule has 0 aliphatic heterocycles. The smallest absolute Gasteiger partial charge is 0.220 e. The summed E-state index contributed by atoms with van der Waals surface area (Å²) >= 11 is 0. The number of ether oxygens (including phenoxy) is 1. The number of hydrogen-bond donors (Lipinski definition) is 2. The highest BCUT2D eigenvalue weighted by atomic mass is 16.5. The molecular formula is C17H28N2O2. The Labute approximate surface area is 128 Å². The molecule has 4 heteroatoms. The van der Waals surface area contributed by atoms with Crippen molar-refractivity contribution < 1.29 is 9.53 Å². The summed E-state index contributed by atoms with van der Waals surface area (Å²) in [5, 5.41) is 2.92. The van der Waals surface area contributed by atoms with E-state index in [-0.39, 0.29) is 5.91 Å². The highest BCUT2D eigenvalue weighted by Gasteiger charge is 2.06. The quantitative estimate of drug-likeness (QED) is 0.543. The zero-order valence-corrected chi connectivity index (χ0v) is 13.4. The van der Waals surface area contributed by atoms with Crippen molar-refractivity contribution in [3.05, 3.63) is 23.8 Å². The van der Waals surface area contributed by atoms with Crippen molar-refractivity contribution in [1.29, 1.82) is 0 Å². The van der Waals surface area contributed by atoms with Crippen molar-refractivity contribution in [1.82, 2.24) is 5.32 Å². The number of rotatable bonds is 9. The number of nitrogen functional groups attached to an aromatic ring is 1. The second-order valence-electron chi connectivity index (χ2n) is 5.78. The second-order valence-corrected chi connectivity index (χ2v) is 5.78. The van der Waals surface area contributed by atoms with Gasteiger partial charge in [0.15, 0.2) is 0 Å². The number of amides is 1. The van der Waals surface area contributed by atoms with Gasteiger partial charge < -0.3 is 15.8 Å². The van der Waals surface area contributed by atoms with E-state index in [9.17, 15) is 4.79 Å². The average Bonchev–Trinajstić information content (AvgIpc) is 2.44. The minimum absolute atomic E-state index is 0.0992. The van der Waals surface area contributed by atoms with Crippen LogP contribution < -0.4 is 15.8 Å². The molecule has 0 unspecified atom stereocenters. The van der Waals surface area contributed by atoms with Crippen LogP contribution in [0.15, 0.2) is 18.2 Å². The lowest BCUT2D eigenvalue weighted by molar-refractivity contribution is -0.121. The Morgan fingerprint density at radius 3 is 2.76 bits per heavy atom. The van der Waals surface area contributed by atoms with Crippen LogP contribution in [0.1, 0.15) is 45.6 Å². The fourth-order valence-electron chi connectivity index (χ4n) is 1.89. The van der Waals surface area contributed by atoms with E-state index in [4.69, 9.17) is 10.5 Å². The Morgan fingerprint density at radius 2 is 2.14 bits per heavy atom. The van der Waals surface area contributed by atoms with Crippen LogP contribution in [0.4, 0.5) is 5.69 Å². The van der Waals surface area contributed by atoms with Gasteiger partial charge in [-0.3, -0.25) is 4.79 Å². The van der Waals surface area contributed by atoms with Gasteiger partial charge in [-0.05, 0) is 36.5 Å². The van der Waals surface area contributed by atoms with E-state index in [1.54, 1.807) is 0 Å². The van der Waals surface area contributed by atoms with Gasteiger partial charge in [0, 0.05) is 13.0 Å². The molecule has 0 atom stereocenters. The van der Waals surface area contributed by atoms with Crippen LogP contribution in [-0.2, 0) is 11.2 Å². The number of carbonyl (C=O) groups is 1. The maximum Gasteiger partial charge on any atom is 0.220 e. The lowest BCUT2D eigenvalue weighted by atomic mass is 10.1. The Morgan fingerprint density at radius 1 is 1.38 bits per heavy atom. The fourth-order valence-corrected chi connectivity index (χ4v) is 1.89. The van der Waals surface area contributed by atoms with Crippen LogP contribution in [0.25, 0.3) is 0 Å². The van der Waals surface area contributed by atoms with E-state index in [2.05, 4.69) is 26.1 Å². The summed E-state index contributed by atoms with van der Waals surface area (Å²) in [7, 11) is 0. The van der Waals surface area contributed by atoms with Gasteiger partial charge in [-0.2, -0.15) is 0 Å². The lowest BCUT2D eigenvalue weighted by Gasteiger charge is -2.12. The normalized spacial score (nSPS) is 10.7. The molecule has 0 fully saturated rings. The summed E-state index contributed by atoms with van der Waals surface area (Å²) in [6.07, 6.45) is 3.32. The van der Waals surface area contributed by atoms with Crippen LogP contribution in [-0.4, -0.2) is 19.1 Å². The van der Waals surface area contributed by atoms with Gasteiger partial charge in [-0.25, -0.2) is 0 Å². The molecule has 1 aromatic carbocycles. The van der Waals surface area contributed by atoms with Crippen LogP contribution in [0, 0.1) is 5.92 Å². The molecule has 3 N–H and O–H groups in total. The molecule has 1 aromatic rings. The number of hydrogen-bond acceptors (Lipinski definition) is 3. The van der Waals surface area contributed by atoms with Crippen molar-refractivity contribution in [2.24, 2.45) is 5.92 Å². The summed E-state index contributed by atoms with van der Waals surface area (Å²) in [5.41, 5.74) is 7.69. The largest absolute Gasteiger partial charge is 0.491 e.